The summed E-state index contributed by atoms with van der Waals surface area (Å²) in [6, 6.07) is 24.4. The monoisotopic (exact) mass is 519 g/mol. The van der Waals surface area contributed by atoms with Gasteiger partial charge in [-0.2, -0.15) is 0 Å². The Bertz CT molecular complexity index is 1490. The van der Waals surface area contributed by atoms with E-state index in [0.29, 0.717) is 10.8 Å². The molecule has 5 rings (SSSR count). The minimum absolute atomic E-state index is 0.226. The number of aromatic nitrogens is 2. The zero-order valence-electron chi connectivity index (χ0n) is 19.7. The van der Waals surface area contributed by atoms with Crippen LogP contribution in [0.1, 0.15) is 23.5 Å². The molecule has 184 valence electrons. The van der Waals surface area contributed by atoms with Gasteiger partial charge < -0.3 is 19.5 Å². The SMILES string of the molecule is COc1ccccc1-n1cccc1[C@@H]1[C@H](c2ccccn2)NC(=S)N1c1ccc(NS(C)(=O)=O)cc1. The fraction of sp³-hybridized carbons (Fsp3) is 0.154. The Hall–Kier alpha value is -3.89. The summed E-state index contributed by atoms with van der Waals surface area (Å²) in [6.45, 7) is 0. The number of hydrogen-bond donors (Lipinski definition) is 2. The van der Waals surface area contributed by atoms with Crippen LogP contribution in [0.2, 0.25) is 0 Å². The summed E-state index contributed by atoms with van der Waals surface area (Å²) in [5.41, 5.74) is 4.05. The van der Waals surface area contributed by atoms with E-state index < -0.39 is 10.0 Å². The van der Waals surface area contributed by atoms with E-state index in [1.165, 1.54) is 0 Å². The number of thiocarbonyl (C=S) groups is 1. The van der Waals surface area contributed by atoms with Gasteiger partial charge in [0.1, 0.15) is 11.8 Å². The van der Waals surface area contributed by atoms with Crippen LogP contribution in [0.25, 0.3) is 5.69 Å². The molecule has 0 aliphatic carbocycles. The molecule has 4 aromatic rings. The highest BCUT2D eigenvalue weighted by Crippen LogP contribution is 2.43. The van der Waals surface area contributed by atoms with Crippen molar-refractivity contribution < 1.29 is 13.2 Å². The van der Waals surface area contributed by atoms with Gasteiger partial charge in [0.2, 0.25) is 10.0 Å². The van der Waals surface area contributed by atoms with Gasteiger partial charge in [-0.15, -0.1) is 0 Å². The Kier molecular flexibility index (Phi) is 6.38. The van der Waals surface area contributed by atoms with Gasteiger partial charge in [-0.3, -0.25) is 9.71 Å². The van der Waals surface area contributed by atoms with Crippen molar-refractivity contribution in [2.45, 2.75) is 12.1 Å². The lowest BCUT2D eigenvalue weighted by Gasteiger charge is -2.29. The van der Waals surface area contributed by atoms with Gasteiger partial charge >= 0.3 is 0 Å². The maximum atomic E-state index is 11.7. The van der Waals surface area contributed by atoms with E-state index in [4.69, 9.17) is 17.0 Å². The Morgan fingerprint density at radius 1 is 1.00 bits per heavy atom. The first-order chi connectivity index (χ1) is 17.4. The first-order valence-corrected chi connectivity index (χ1v) is 13.5. The van der Waals surface area contributed by atoms with E-state index in [9.17, 15) is 8.42 Å². The third-order valence-electron chi connectivity index (χ3n) is 5.97. The van der Waals surface area contributed by atoms with E-state index in [-0.39, 0.29) is 12.1 Å². The fourth-order valence-electron chi connectivity index (χ4n) is 4.52. The lowest BCUT2D eigenvalue weighted by atomic mass is 10.0. The molecule has 2 atom stereocenters. The first kappa shape index (κ1) is 23.8. The van der Waals surface area contributed by atoms with Gasteiger partial charge in [0.05, 0.1) is 30.8 Å². The van der Waals surface area contributed by atoms with Crippen LogP contribution in [0, 0.1) is 0 Å². The average molecular weight is 520 g/mol. The van der Waals surface area contributed by atoms with Crippen molar-refractivity contribution in [3.05, 3.63) is 103 Å². The highest BCUT2D eigenvalue weighted by Gasteiger charge is 2.42. The molecule has 0 amide bonds. The number of anilines is 2. The maximum Gasteiger partial charge on any atom is 0.229 e. The van der Waals surface area contributed by atoms with Crippen molar-refractivity contribution >= 4 is 38.7 Å². The smallest absolute Gasteiger partial charge is 0.229 e. The van der Waals surface area contributed by atoms with Crippen LogP contribution in [-0.4, -0.2) is 36.4 Å². The molecule has 1 fully saturated rings. The second-order valence-corrected chi connectivity index (χ2v) is 10.5. The summed E-state index contributed by atoms with van der Waals surface area (Å²) < 4.78 is 33.5. The molecule has 0 spiro atoms. The molecule has 8 nitrogen and oxygen atoms in total. The van der Waals surface area contributed by atoms with Gasteiger partial charge in [0, 0.05) is 29.5 Å². The summed E-state index contributed by atoms with van der Waals surface area (Å²) in [5, 5.41) is 4.00. The van der Waals surface area contributed by atoms with Crippen LogP contribution in [0.3, 0.4) is 0 Å². The number of pyridine rings is 1. The van der Waals surface area contributed by atoms with Gasteiger partial charge in [-0.1, -0.05) is 18.2 Å². The highest BCUT2D eigenvalue weighted by molar-refractivity contribution is 7.92. The maximum absolute atomic E-state index is 11.7. The van der Waals surface area contributed by atoms with Crippen molar-refractivity contribution in [1.29, 1.82) is 0 Å². The summed E-state index contributed by atoms with van der Waals surface area (Å²) in [4.78, 5) is 6.66. The van der Waals surface area contributed by atoms with Crippen LogP contribution in [0.5, 0.6) is 5.75 Å². The number of sulfonamides is 1. The molecule has 0 bridgehead atoms. The zero-order chi connectivity index (χ0) is 25.3. The molecule has 36 heavy (non-hydrogen) atoms. The third kappa shape index (κ3) is 4.65. The van der Waals surface area contributed by atoms with E-state index in [1.807, 2.05) is 71.8 Å². The van der Waals surface area contributed by atoms with E-state index in [1.54, 1.807) is 25.4 Å². The molecule has 0 unspecified atom stereocenters. The summed E-state index contributed by atoms with van der Waals surface area (Å²) in [5.74, 6) is 0.751. The lowest BCUT2D eigenvalue weighted by Crippen LogP contribution is -2.30. The summed E-state index contributed by atoms with van der Waals surface area (Å²) in [7, 11) is -1.72. The predicted octanol–water partition coefficient (Wildman–Crippen LogP) is 4.43. The van der Waals surface area contributed by atoms with Crippen LogP contribution in [-0.2, 0) is 10.0 Å². The van der Waals surface area contributed by atoms with E-state index in [0.717, 1.165) is 34.8 Å². The summed E-state index contributed by atoms with van der Waals surface area (Å²) >= 11 is 5.82. The van der Waals surface area contributed by atoms with Crippen molar-refractivity contribution in [2.24, 2.45) is 0 Å². The minimum Gasteiger partial charge on any atom is -0.495 e. The molecular weight excluding hydrogens is 494 g/mol. The molecule has 1 aliphatic heterocycles. The second-order valence-electron chi connectivity index (χ2n) is 8.39. The topological polar surface area (TPSA) is 88.5 Å². The summed E-state index contributed by atoms with van der Waals surface area (Å²) in [6.07, 6.45) is 4.89. The fourth-order valence-corrected chi connectivity index (χ4v) is 5.43. The number of methoxy groups -OCH3 is 1. The first-order valence-electron chi connectivity index (χ1n) is 11.2. The number of nitrogens with zero attached hydrogens (tertiary/aromatic N) is 3. The quantitative estimate of drug-likeness (QED) is 0.349. The van der Waals surface area contributed by atoms with E-state index in [2.05, 4.69) is 25.7 Å². The molecule has 2 N–H and O–H groups in total. The molecule has 2 aromatic heterocycles. The normalized spacial score (nSPS) is 17.6. The molecule has 0 saturated carbocycles. The Morgan fingerprint density at radius 3 is 2.44 bits per heavy atom. The molecule has 1 saturated heterocycles. The average Bonchev–Trinajstić information content (AvgIpc) is 3.48. The minimum atomic E-state index is -3.38. The molecule has 3 heterocycles. The van der Waals surface area contributed by atoms with Gasteiger partial charge in [-0.25, -0.2) is 8.42 Å². The van der Waals surface area contributed by atoms with Crippen LogP contribution >= 0.6 is 12.2 Å². The molecule has 0 radical (unpaired) electrons. The standard InChI is InChI=1S/C26H25N5O3S2/c1-34-23-11-4-3-9-21(23)30-17-7-10-22(30)25-24(20-8-5-6-16-27-20)28-26(35)31(25)19-14-12-18(13-15-19)29-36(2,32)33/h3-17,24-25,29H,1-2H3,(H,28,35)/t24-,25+/m0/s1. The van der Waals surface area contributed by atoms with Crippen LogP contribution in [0.4, 0.5) is 11.4 Å². The Balaban J connectivity index is 1.62. The third-order valence-corrected chi connectivity index (χ3v) is 6.90. The van der Waals surface area contributed by atoms with Crippen LogP contribution in [0.15, 0.2) is 91.3 Å². The van der Waals surface area contributed by atoms with Crippen molar-refractivity contribution in [1.82, 2.24) is 14.9 Å². The number of nitrogens with one attached hydrogen (secondary N) is 2. The largest absolute Gasteiger partial charge is 0.495 e. The second kappa shape index (κ2) is 9.63. The predicted molar refractivity (Wildman–Crippen MR) is 145 cm³/mol. The molecule has 1 aliphatic rings. The lowest BCUT2D eigenvalue weighted by molar-refractivity contribution is 0.412. The van der Waals surface area contributed by atoms with Gasteiger partial charge in [0.25, 0.3) is 0 Å². The molecular formula is C26H25N5O3S2. The van der Waals surface area contributed by atoms with Gasteiger partial charge in [0.15, 0.2) is 5.11 Å². The van der Waals surface area contributed by atoms with E-state index >= 15 is 0 Å². The highest BCUT2D eigenvalue weighted by atomic mass is 32.2. The molecule has 10 heteroatoms. The number of para-hydroxylation sites is 2. The number of rotatable bonds is 7. The number of benzene rings is 2. The van der Waals surface area contributed by atoms with Crippen molar-refractivity contribution in [3.8, 4) is 11.4 Å². The Labute approximate surface area is 215 Å². The van der Waals surface area contributed by atoms with Crippen molar-refractivity contribution in [2.75, 3.05) is 23.0 Å². The number of ether oxygens (including phenoxy) is 1. The number of hydrogen-bond acceptors (Lipinski definition) is 5. The van der Waals surface area contributed by atoms with Crippen molar-refractivity contribution in [3.63, 3.8) is 0 Å². The van der Waals surface area contributed by atoms with Crippen LogP contribution < -0.4 is 19.7 Å². The molecule has 2 aromatic carbocycles. The zero-order valence-corrected chi connectivity index (χ0v) is 21.3. The Morgan fingerprint density at radius 2 is 1.75 bits per heavy atom. The van der Waals surface area contributed by atoms with Gasteiger partial charge in [-0.05, 0) is 72.9 Å².